The van der Waals surface area contributed by atoms with E-state index in [4.69, 9.17) is 37.9 Å². The van der Waals surface area contributed by atoms with Gasteiger partial charge in [-0.3, -0.25) is 0 Å². The number of phenolic OH excluding ortho intramolecular Hbond substituents is 1. The molecule has 17 nitrogen and oxygen atoms in total. The first kappa shape index (κ1) is 34.9. The summed E-state index contributed by atoms with van der Waals surface area (Å²) in [6.45, 7) is 0.486. The summed E-state index contributed by atoms with van der Waals surface area (Å²) in [5, 5.41) is 81.7. The smallest absolute Gasteiger partial charge is 0.330 e. The van der Waals surface area contributed by atoms with Crippen LogP contribution in [0.25, 0.3) is 6.08 Å². The van der Waals surface area contributed by atoms with Gasteiger partial charge >= 0.3 is 5.97 Å². The molecule has 17 heteroatoms. The maximum atomic E-state index is 12.9. The van der Waals surface area contributed by atoms with Crippen LogP contribution in [-0.2, 0) is 38.0 Å². The Balaban J connectivity index is 1.22. The first-order valence-corrected chi connectivity index (χ1v) is 15.4. The van der Waals surface area contributed by atoms with Crippen LogP contribution in [0.1, 0.15) is 12.5 Å². The van der Waals surface area contributed by atoms with Crippen LogP contribution in [-0.4, -0.2) is 153 Å². The number of esters is 1. The monoisotopic (exact) mass is 684 g/mol. The van der Waals surface area contributed by atoms with Crippen LogP contribution in [0.4, 0.5) is 0 Å². The molecule has 3 saturated heterocycles. The highest BCUT2D eigenvalue weighted by Crippen LogP contribution is 2.61. The van der Waals surface area contributed by atoms with E-state index in [0.717, 1.165) is 0 Å². The molecule has 0 spiro atoms. The molecule has 1 saturated carbocycles. The van der Waals surface area contributed by atoms with Gasteiger partial charge in [0.2, 0.25) is 6.29 Å². The van der Waals surface area contributed by atoms with E-state index in [1.165, 1.54) is 44.6 Å². The van der Waals surface area contributed by atoms with Gasteiger partial charge in [-0.2, -0.15) is 0 Å². The van der Waals surface area contributed by atoms with Crippen molar-refractivity contribution in [3.8, 4) is 11.5 Å². The van der Waals surface area contributed by atoms with E-state index in [1.807, 2.05) is 0 Å². The second-order valence-electron chi connectivity index (χ2n) is 12.4. The number of benzene rings is 1. The quantitative estimate of drug-likeness (QED) is 0.0705. The van der Waals surface area contributed by atoms with Crippen molar-refractivity contribution in [1.29, 1.82) is 0 Å². The molecule has 0 radical (unpaired) electrons. The average Bonchev–Trinajstić information content (AvgIpc) is 3.75. The molecule has 1 aromatic rings. The van der Waals surface area contributed by atoms with E-state index in [2.05, 4.69) is 0 Å². The van der Waals surface area contributed by atoms with Crippen molar-refractivity contribution in [2.45, 2.75) is 92.4 Å². The number of aromatic hydroxyl groups is 1. The number of methoxy groups -OCH3 is 1. The molecule has 4 aliphatic heterocycles. The van der Waals surface area contributed by atoms with Gasteiger partial charge in [-0.25, -0.2) is 4.79 Å². The molecule has 16 atom stereocenters. The van der Waals surface area contributed by atoms with E-state index >= 15 is 0 Å². The third kappa shape index (κ3) is 6.30. The Hall–Kier alpha value is -2.91. The third-order valence-corrected chi connectivity index (χ3v) is 9.51. The van der Waals surface area contributed by atoms with Gasteiger partial charge in [0, 0.05) is 12.0 Å². The van der Waals surface area contributed by atoms with Gasteiger partial charge in [-0.1, -0.05) is 6.07 Å². The van der Waals surface area contributed by atoms with Crippen molar-refractivity contribution < 1.29 is 83.5 Å². The van der Waals surface area contributed by atoms with Gasteiger partial charge in [0.1, 0.15) is 61.0 Å². The minimum absolute atomic E-state index is 0.0728. The number of rotatable bonds is 10. The Morgan fingerprint density at radius 3 is 2.35 bits per heavy atom. The van der Waals surface area contributed by atoms with Crippen molar-refractivity contribution >= 4 is 12.0 Å². The fraction of sp³-hybridized carbons (Fsp3) is 0.645. The summed E-state index contributed by atoms with van der Waals surface area (Å²) in [7, 11) is 1.39. The highest BCUT2D eigenvalue weighted by atomic mass is 16.8. The standard InChI is InChI=1S/C31H40O17/c1-12-20(35)22(37)24(39)29(44-12)46-26-14-7-8-42-28(47-30-25(40)23(38)21(36)17(10-32)45-30)19(14)31(27(26)48-31)11-43-18(34)6-4-13-3-5-15(33)16(9-13)41-2/h3-9,12,14,17,19-30,32-33,35-40H,10-11H2,1-2H3/t12?,14?,17?,19?,20?,21?,22?,23?,24?,25?,26-,27-,28?,29?,30?,31+/m0/s1. The van der Waals surface area contributed by atoms with Crippen molar-refractivity contribution in [3.05, 3.63) is 42.2 Å². The van der Waals surface area contributed by atoms with Crippen LogP contribution in [0.15, 0.2) is 36.6 Å². The zero-order chi connectivity index (χ0) is 34.5. The minimum atomic E-state index is -1.74. The molecule has 1 aliphatic carbocycles. The second kappa shape index (κ2) is 13.8. The lowest BCUT2D eigenvalue weighted by Crippen LogP contribution is -2.60. The lowest BCUT2D eigenvalue weighted by Gasteiger charge is -2.44. The Morgan fingerprint density at radius 1 is 0.938 bits per heavy atom. The summed E-state index contributed by atoms with van der Waals surface area (Å²) in [4.78, 5) is 12.9. The number of hydrogen-bond donors (Lipinski definition) is 8. The largest absolute Gasteiger partial charge is 0.504 e. The fourth-order valence-corrected chi connectivity index (χ4v) is 6.76. The predicted octanol–water partition coefficient (Wildman–Crippen LogP) is -2.76. The molecule has 4 heterocycles. The minimum Gasteiger partial charge on any atom is -0.504 e. The highest BCUT2D eigenvalue weighted by molar-refractivity contribution is 5.87. The highest BCUT2D eigenvalue weighted by Gasteiger charge is 2.77. The molecule has 4 fully saturated rings. The zero-order valence-corrected chi connectivity index (χ0v) is 25.9. The molecule has 0 bridgehead atoms. The van der Waals surface area contributed by atoms with Gasteiger partial charge in [0.05, 0.1) is 38.1 Å². The third-order valence-electron chi connectivity index (χ3n) is 9.51. The molecule has 0 aromatic heterocycles. The molecular weight excluding hydrogens is 644 g/mol. The summed E-state index contributed by atoms with van der Waals surface area (Å²) in [6, 6.07) is 4.49. The first-order chi connectivity index (χ1) is 22.9. The van der Waals surface area contributed by atoms with Gasteiger partial charge < -0.3 is 78.7 Å². The van der Waals surface area contributed by atoms with Crippen LogP contribution in [0.5, 0.6) is 11.5 Å². The molecule has 5 aliphatic rings. The van der Waals surface area contributed by atoms with E-state index in [-0.39, 0.29) is 18.1 Å². The molecule has 1 aromatic carbocycles. The Bertz CT molecular complexity index is 1370. The number of aliphatic hydroxyl groups is 7. The summed E-state index contributed by atoms with van der Waals surface area (Å²) in [5.41, 5.74) is -0.755. The summed E-state index contributed by atoms with van der Waals surface area (Å²) < 4.78 is 45.9. The normalized spacial score (nSPS) is 44.9. The van der Waals surface area contributed by atoms with Crippen LogP contribution >= 0.6 is 0 Å². The van der Waals surface area contributed by atoms with Crippen LogP contribution in [0, 0.1) is 11.8 Å². The number of carbonyl (C=O) groups is 1. The van der Waals surface area contributed by atoms with E-state index in [9.17, 15) is 45.6 Å². The van der Waals surface area contributed by atoms with E-state index < -0.39 is 110 Å². The number of ether oxygens (including phenoxy) is 8. The predicted molar refractivity (Wildman–Crippen MR) is 155 cm³/mol. The SMILES string of the molecule is COc1cc(C=CC(=O)OC[C@]23O[C@H]2[C@@H](OC2OC(C)C(O)C(O)C2O)C2C=COC(OC4OC(CO)C(O)C(O)C4O)C23)ccc1O. The summed E-state index contributed by atoms with van der Waals surface area (Å²) in [5.74, 6) is -2.04. The molecule has 6 rings (SSSR count). The van der Waals surface area contributed by atoms with Gasteiger partial charge in [0.15, 0.2) is 24.1 Å². The Kier molecular flexibility index (Phi) is 10.0. The van der Waals surface area contributed by atoms with Gasteiger partial charge in [-0.15, -0.1) is 0 Å². The number of aliphatic hydroxyl groups excluding tert-OH is 7. The van der Waals surface area contributed by atoms with E-state index in [0.29, 0.717) is 5.56 Å². The Labute approximate surface area is 274 Å². The molecule has 48 heavy (non-hydrogen) atoms. The second-order valence-corrected chi connectivity index (χ2v) is 12.4. The first-order valence-electron chi connectivity index (χ1n) is 15.4. The van der Waals surface area contributed by atoms with Crippen LogP contribution in [0.2, 0.25) is 0 Å². The zero-order valence-electron chi connectivity index (χ0n) is 25.9. The fourth-order valence-electron chi connectivity index (χ4n) is 6.76. The number of fused-ring (bicyclic) bond motifs is 3. The molecule has 0 amide bonds. The topological polar surface area (TPSA) is 256 Å². The summed E-state index contributed by atoms with van der Waals surface area (Å²) in [6.07, 6.45) is -12.1. The van der Waals surface area contributed by atoms with E-state index in [1.54, 1.807) is 12.1 Å². The van der Waals surface area contributed by atoms with Crippen LogP contribution < -0.4 is 4.74 Å². The number of phenols is 1. The molecule has 8 N–H and O–H groups in total. The van der Waals surface area contributed by atoms with Crippen molar-refractivity contribution in [2.75, 3.05) is 20.3 Å². The maximum absolute atomic E-state index is 12.9. The number of carbonyl (C=O) groups excluding carboxylic acids is 1. The van der Waals surface area contributed by atoms with Gasteiger partial charge in [-0.05, 0) is 36.8 Å². The van der Waals surface area contributed by atoms with Crippen LogP contribution in [0.3, 0.4) is 0 Å². The lowest BCUT2D eigenvalue weighted by molar-refractivity contribution is -0.347. The number of epoxide rings is 1. The van der Waals surface area contributed by atoms with Gasteiger partial charge in [0.25, 0.3) is 0 Å². The Morgan fingerprint density at radius 2 is 1.65 bits per heavy atom. The average molecular weight is 685 g/mol. The van der Waals surface area contributed by atoms with Crippen molar-refractivity contribution in [2.24, 2.45) is 11.8 Å². The maximum Gasteiger partial charge on any atom is 0.330 e. The molecule has 13 unspecified atom stereocenters. The molecular formula is C31H40O17. The van der Waals surface area contributed by atoms with Crippen molar-refractivity contribution in [3.63, 3.8) is 0 Å². The molecule has 266 valence electrons. The lowest BCUT2D eigenvalue weighted by atomic mass is 9.85. The van der Waals surface area contributed by atoms with Crippen molar-refractivity contribution in [1.82, 2.24) is 0 Å². The summed E-state index contributed by atoms with van der Waals surface area (Å²) >= 11 is 0. The number of hydrogen-bond acceptors (Lipinski definition) is 17.